The molecule has 0 radical (unpaired) electrons. The van der Waals surface area contributed by atoms with Crippen molar-refractivity contribution in [1.29, 1.82) is 0 Å². The van der Waals surface area contributed by atoms with E-state index in [4.69, 9.17) is 11.6 Å². The number of rotatable bonds is 4. The Bertz CT molecular complexity index is 597. The Morgan fingerprint density at radius 1 is 1.45 bits per heavy atom. The van der Waals surface area contributed by atoms with E-state index in [0.717, 1.165) is 30.2 Å². The van der Waals surface area contributed by atoms with Crippen molar-refractivity contribution in [2.45, 2.75) is 37.2 Å². The van der Waals surface area contributed by atoms with Crippen molar-refractivity contribution in [3.05, 3.63) is 44.9 Å². The molecule has 3 rings (SSSR count). The normalized spacial score (nSPS) is 18.0. The summed E-state index contributed by atoms with van der Waals surface area (Å²) < 4.78 is 0. The molecule has 0 saturated heterocycles. The number of fused-ring (bicyclic) bond motifs is 1. The van der Waals surface area contributed by atoms with Crippen LogP contribution in [0.2, 0.25) is 5.02 Å². The van der Waals surface area contributed by atoms with E-state index in [1.54, 1.807) is 11.3 Å². The number of thiazole rings is 1. The van der Waals surface area contributed by atoms with Crippen LogP contribution in [0.15, 0.2) is 29.3 Å². The molecule has 1 atom stereocenters. The molecule has 2 heterocycles. The summed E-state index contributed by atoms with van der Waals surface area (Å²) in [5.74, 6) is 1.16. The Kier molecular flexibility index (Phi) is 4.66. The van der Waals surface area contributed by atoms with Crippen LogP contribution in [0, 0.1) is 0 Å². The second-order valence-electron chi connectivity index (χ2n) is 4.83. The molecule has 2 aromatic rings. The predicted molar refractivity (Wildman–Crippen MR) is 87.9 cm³/mol. The summed E-state index contributed by atoms with van der Waals surface area (Å²) in [4.78, 5) is 7.17. The first-order chi connectivity index (χ1) is 9.76. The number of aryl methyl sites for hydroxylation is 1. The molecular weight excluding hydrogens is 308 g/mol. The minimum atomic E-state index is 0.388. The lowest BCUT2D eigenvalue weighted by molar-refractivity contribution is 0.509. The third-order valence-electron chi connectivity index (χ3n) is 3.46. The highest BCUT2D eigenvalue weighted by atomic mass is 35.5. The van der Waals surface area contributed by atoms with Crippen molar-refractivity contribution in [3.8, 4) is 0 Å². The molecule has 0 spiro atoms. The SMILES string of the molecule is CCc1cnc(CNC2CCSc3ccc(Cl)cc32)s1. The molecule has 1 aromatic carbocycles. The molecule has 0 bridgehead atoms. The van der Waals surface area contributed by atoms with Gasteiger partial charge in [0.25, 0.3) is 0 Å². The van der Waals surface area contributed by atoms with Gasteiger partial charge in [-0.25, -0.2) is 4.98 Å². The van der Waals surface area contributed by atoms with Crippen LogP contribution in [0.3, 0.4) is 0 Å². The van der Waals surface area contributed by atoms with Gasteiger partial charge in [-0.1, -0.05) is 18.5 Å². The molecule has 1 N–H and O–H groups in total. The fourth-order valence-electron chi connectivity index (χ4n) is 2.38. The monoisotopic (exact) mass is 324 g/mol. The van der Waals surface area contributed by atoms with Crippen molar-refractivity contribution < 1.29 is 0 Å². The van der Waals surface area contributed by atoms with Gasteiger partial charge in [0, 0.05) is 33.6 Å². The van der Waals surface area contributed by atoms with Crippen LogP contribution in [0.5, 0.6) is 0 Å². The molecule has 0 fully saturated rings. The van der Waals surface area contributed by atoms with Crippen LogP contribution < -0.4 is 5.32 Å². The molecule has 20 heavy (non-hydrogen) atoms. The first kappa shape index (κ1) is 14.4. The van der Waals surface area contributed by atoms with Crippen molar-refractivity contribution in [3.63, 3.8) is 0 Å². The Hall–Kier alpha value is -0.550. The standard InChI is InChI=1S/C15H17ClN2S2/c1-2-11-8-18-15(20-11)9-17-13-5-6-19-14-4-3-10(16)7-12(13)14/h3-4,7-8,13,17H,2,5-6,9H2,1H3. The zero-order chi connectivity index (χ0) is 13.9. The predicted octanol–water partition coefficient (Wildman–Crippen LogP) is 4.69. The van der Waals surface area contributed by atoms with Gasteiger partial charge in [0.15, 0.2) is 0 Å². The number of nitrogens with zero attached hydrogens (tertiary/aromatic N) is 1. The summed E-state index contributed by atoms with van der Waals surface area (Å²) in [5, 5.41) is 5.62. The number of aromatic nitrogens is 1. The molecule has 2 nitrogen and oxygen atoms in total. The van der Waals surface area contributed by atoms with Gasteiger partial charge in [-0.3, -0.25) is 0 Å². The van der Waals surface area contributed by atoms with Crippen molar-refractivity contribution in [2.75, 3.05) is 5.75 Å². The number of thioether (sulfide) groups is 1. The summed E-state index contributed by atoms with van der Waals surface area (Å²) in [6.45, 7) is 3.01. The Morgan fingerprint density at radius 3 is 3.15 bits per heavy atom. The Morgan fingerprint density at radius 2 is 2.35 bits per heavy atom. The quantitative estimate of drug-likeness (QED) is 0.883. The maximum atomic E-state index is 6.13. The average molecular weight is 325 g/mol. The molecule has 0 aliphatic carbocycles. The van der Waals surface area contributed by atoms with Crippen LogP contribution in [-0.4, -0.2) is 10.7 Å². The van der Waals surface area contributed by atoms with E-state index in [9.17, 15) is 0 Å². The number of benzene rings is 1. The second kappa shape index (κ2) is 6.48. The van der Waals surface area contributed by atoms with Crippen LogP contribution in [-0.2, 0) is 13.0 Å². The summed E-state index contributed by atoms with van der Waals surface area (Å²) in [7, 11) is 0. The van der Waals surface area contributed by atoms with Gasteiger partial charge in [0.2, 0.25) is 0 Å². The molecule has 1 unspecified atom stereocenters. The van der Waals surface area contributed by atoms with E-state index in [2.05, 4.69) is 29.4 Å². The number of hydrogen-bond donors (Lipinski definition) is 1. The van der Waals surface area contributed by atoms with Crippen LogP contribution >= 0.6 is 34.7 Å². The molecular formula is C15H17ClN2S2. The van der Waals surface area contributed by atoms with Gasteiger partial charge in [0.05, 0.1) is 0 Å². The van der Waals surface area contributed by atoms with E-state index < -0.39 is 0 Å². The van der Waals surface area contributed by atoms with E-state index in [0.29, 0.717) is 6.04 Å². The lowest BCUT2D eigenvalue weighted by Crippen LogP contribution is -2.24. The summed E-state index contributed by atoms with van der Waals surface area (Å²) in [6.07, 6.45) is 4.20. The Balaban J connectivity index is 1.71. The first-order valence-corrected chi connectivity index (χ1v) is 9.03. The van der Waals surface area contributed by atoms with Gasteiger partial charge in [-0.05, 0) is 42.4 Å². The fourth-order valence-corrected chi connectivity index (χ4v) is 4.48. The van der Waals surface area contributed by atoms with Crippen molar-refractivity contribution >= 4 is 34.7 Å². The van der Waals surface area contributed by atoms with Gasteiger partial charge in [0.1, 0.15) is 5.01 Å². The van der Waals surface area contributed by atoms with Gasteiger partial charge in [-0.2, -0.15) is 0 Å². The summed E-state index contributed by atoms with van der Waals surface area (Å²) >= 11 is 9.85. The minimum Gasteiger partial charge on any atom is -0.303 e. The first-order valence-electron chi connectivity index (χ1n) is 6.85. The fraction of sp³-hybridized carbons (Fsp3) is 0.400. The van der Waals surface area contributed by atoms with Crippen molar-refractivity contribution in [1.82, 2.24) is 10.3 Å². The van der Waals surface area contributed by atoms with Crippen molar-refractivity contribution in [2.24, 2.45) is 0 Å². The van der Waals surface area contributed by atoms with Crippen LogP contribution in [0.25, 0.3) is 0 Å². The largest absolute Gasteiger partial charge is 0.303 e. The van der Waals surface area contributed by atoms with E-state index in [-0.39, 0.29) is 0 Å². The lowest BCUT2D eigenvalue weighted by Gasteiger charge is -2.26. The molecule has 5 heteroatoms. The van der Waals surface area contributed by atoms with Crippen LogP contribution in [0.4, 0.5) is 0 Å². The second-order valence-corrected chi connectivity index (χ2v) is 7.60. The third-order valence-corrected chi connectivity index (χ3v) is 5.96. The van der Waals surface area contributed by atoms with E-state index in [1.807, 2.05) is 24.0 Å². The smallest absolute Gasteiger partial charge is 0.107 e. The molecule has 1 aliphatic heterocycles. The highest BCUT2D eigenvalue weighted by molar-refractivity contribution is 7.99. The lowest BCUT2D eigenvalue weighted by atomic mass is 10.0. The molecule has 1 aromatic heterocycles. The van der Waals surface area contributed by atoms with Crippen LogP contribution in [0.1, 0.15) is 34.8 Å². The maximum Gasteiger partial charge on any atom is 0.107 e. The summed E-state index contributed by atoms with van der Waals surface area (Å²) in [6, 6.07) is 6.60. The van der Waals surface area contributed by atoms with Gasteiger partial charge < -0.3 is 5.32 Å². The molecule has 0 amide bonds. The third kappa shape index (κ3) is 3.19. The highest BCUT2D eigenvalue weighted by Gasteiger charge is 2.20. The van der Waals surface area contributed by atoms with Gasteiger partial charge >= 0.3 is 0 Å². The number of hydrogen-bond acceptors (Lipinski definition) is 4. The zero-order valence-corrected chi connectivity index (χ0v) is 13.7. The van der Waals surface area contributed by atoms with E-state index >= 15 is 0 Å². The molecule has 106 valence electrons. The average Bonchev–Trinajstić information content (AvgIpc) is 2.93. The topological polar surface area (TPSA) is 24.9 Å². The highest BCUT2D eigenvalue weighted by Crippen LogP contribution is 2.37. The minimum absolute atomic E-state index is 0.388. The summed E-state index contributed by atoms with van der Waals surface area (Å²) in [5.41, 5.74) is 1.33. The molecule has 1 aliphatic rings. The van der Waals surface area contributed by atoms with E-state index in [1.165, 1.54) is 20.3 Å². The van der Waals surface area contributed by atoms with Gasteiger partial charge in [-0.15, -0.1) is 23.1 Å². The maximum absolute atomic E-state index is 6.13. The Labute approximate surface area is 133 Å². The zero-order valence-electron chi connectivity index (χ0n) is 11.4. The number of halogens is 1. The molecule has 0 saturated carbocycles. The number of nitrogens with one attached hydrogen (secondary N) is 1.